The van der Waals surface area contributed by atoms with E-state index in [2.05, 4.69) is 13.8 Å². The molecule has 1 aliphatic rings. The molecular weight excluding hydrogens is 284 g/mol. The molecule has 3 nitrogen and oxygen atoms in total. The van der Waals surface area contributed by atoms with Gasteiger partial charge in [-0.1, -0.05) is 13.8 Å². The van der Waals surface area contributed by atoms with Gasteiger partial charge in [-0.15, -0.1) is 0 Å². The lowest BCUT2D eigenvalue weighted by atomic mass is 10.1. The van der Waals surface area contributed by atoms with Crippen LogP contribution in [0.5, 0.6) is 0 Å². The molecule has 1 fully saturated rings. The number of thioether (sulfide) groups is 1. The van der Waals surface area contributed by atoms with Gasteiger partial charge in [0.25, 0.3) is 0 Å². The predicted molar refractivity (Wildman–Crippen MR) is 76.7 cm³/mol. The number of anilines is 1. The average Bonchev–Trinajstić information content (AvgIpc) is 2.50. The van der Waals surface area contributed by atoms with E-state index in [1.54, 1.807) is 16.7 Å². The number of aromatic carboxylic acids is 1. The molecule has 20 heavy (non-hydrogen) atoms. The van der Waals surface area contributed by atoms with Gasteiger partial charge in [-0.05, 0) is 18.6 Å². The maximum Gasteiger partial charge on any atom is 0.335 e. The zero-order valence-electron chi connectivity index (χ0n) is 11.4. The van der Waals surface area contributed by atoms with Crippen LogP contribution in [0.25, 0.3) is 0 Å². The number of nitrogens with zero attached hydrogens (tertiary/aromatic N) is 1. The van der Waals surface area contributed by atoms with Crippen LogP contribution in [-0.4, -0.2) is 34.7 Å². The van der Waals surface area contributed by atoms with Crippen molar-refractivity contribution >= 4 is 23.4 Å². The van der Waals surface area contributed by atoms with E-state index in [4.69, 9.17) is 5.11 Å². The molecule has 0 aliphatic carbocycles. The van der Waals surface area contributed by atoms with Crippen molar-refractivity contribution in [3.63, 3.8) is 0 Å². The molecule has 1 aliphatic heterocycles. The summed E-state index contributed by atoms with van der Waals surface area (Å²) < 4.78 is 28.1. The first kappa shape index (κ1) is 15.1. The molecule has 0 unspecified atom stereocenters. The lowest BCUT2D eigenvalue weighted by Crippen LogP contribution is -2.29. The molecule has 1 aromatic carbocycles. The van der Waals surface area contributed by atoms with Crippen LogP contribution in [-0.2, 0) is 0 Å². The third kappa shape index (κ3) is 3.23. The number of carboxylic acids is 1. The van der Waals surface area contributed by atoms with Gasteiger partial charge in [0, 0.05) is 23.6 Å². The highest BCUT2D eigenvalue weighted by atomic mass is 32.2. The van der Waals surface area contributed by atoms with Crippen LogP contribution in [0.3, 0.4) is 0 Å². The van der Waals surface area contributed by atoms with Gasteiger partial charge in [0.05, 0.1) is 5.56 Å². The summed E-state index contributed by atoms with van der Waals surface area (Å²) in [4.78, 5) is 12.4. The third-order valence-corrected chi connectivity index (χ3v) is 4.79. The first-order valence-electron chi connectivity index (χ1n) is 6.41. The molecule has 2 rings (SSSR count). The summed E-state index contributed by atoms with van der Waals surface area (Å²) in [7, 11) is 0. The summed E-state index contributed by atoms with van der Waals surface area (Å²) in [6.45, 7) is 5.33. The van der Waals surface area contributed by atoms with Crippen LogP contribution in [0.2, 0.25) is 0 Å². The van der Waals surface area contributed by atoms with E-state index in [1.807, 2.05) is 0 Å². The van der Waals surface area contributed by atoms with E-state index in [0.29, 0.717) is 13.1 Å². The van der Waals surface area contributed by atoms with Gasteiger partial charge in [-0.25, -0.2) is 13.6 Å². The summed E-state index contributed by atoms with van der Waals surface area (Å²) in [6.07, 6.45) is 0.817. The van der Waals surface area contributed by atoms with Gasteiger partial charge in [-0.3, -0.25) is 0 Å². The van der Waals surface area contributed by atoms with Crippen molar-refractivity contribution in [2.45, 2.75) is 25.0 Å². The van der Waals surface area contributed by atoms with E-state index in [0.717, 1.165) is 24.3 Å². The molecule has 1 saturated heterocycles. The topological polar surface area (TPSA) is 40.5 Å². The quantitative estimate of drug-likeness (QED) is 0.909. The molecule has 6 heteroatoms. The van der Waals surface area contributed by atoms with E-state index >= 15 is 0 Å². The second-order valence-electron chi connectivity index (χ2n) is 5.44. The molecule has 0 amide bonds. The molecule has 0 aromatic heterocycles. The number of benzene rings is 1. The van der Waals surface area contributed by atoms with Crippen molar-refractivity contribution in [2.75, 3.05) is 23.7 Å². The Balaban J connectivity index is 2.31. The number of rotatable bonds is 2. The Morgan fingerprint density at radius 3 is 2.45 bits per heavy atom. The Morgan fingerprint density at radius 1 is 1.30 bits per heavy atom. The monoisotopic (exact) mass is 301 g/mol. The highest BCUT2D eigenvalue weighted by Crippen LogP contribution is 2.34. The van der Waals surface area contributed by atoms with E-state index in [9.17, 15) is 13.6 Å². The maximum absolute atomic E-state index is 14.0. The molecule has 0 bridgehead atoms. The molecule has 0 saturated carbocycles. The number of halogens is 2. The van der Waals surface area contributed by atoms with Gasteiger partial charge < -0.3 is 10.0 Å². The van der Waals surface area contributed by atoms with Crippen LogP contribution in [0.1, 0.15) is 30.6 Å². The highest BCUT2D eigenvalue weighted by molar-refractivity contribution is 8.00. The zero-order valence-corrected chi connectivity index (χ0v) is 12.3. The maximum atomic E-state index is 14.0. The number of carbonyl (C=O) groups is 1. The molecular formula is C14H17F2NO2S. The van der Waals surface area contributed by atoms with E-state index < -0.39 is 17.6 Å². The molecule has 0 atom stereocenters. The minimum absolute atomic E-state index is 0.0860. The average molecular weight is 301 g/mol. The summed E-state index contributed by atoms with van der Waals surface area (Å²) >= 11 is 1.78. The second kappa shape index (κ2) is 5.60. The minimum Gasteiger partial charge on any atom is -0.478 e. The largest absolute Gasteiger partial charge is 0.478 e. The van der Waals surface area contributed by atoms with Gasteiger partial charge in [0.1, 0.15) is 17.3 Å². The highest BCUT2D eigenvalue weighted by Gasteiger charge is 2.27. The summed E-state index contributed by atoms with van der Waals surface area (Å²) in [5.41, 5.74) is -0.485. The van der Waals surface area contributed by atoms with Crippen molar-refractivity contribution in [3.05, 3.63) is 29.3 Å². The Hall–Kier alpha value is -1.30. The van der Waals surface area contributed by atoms with Crippen molar-refractivity contribution in [3.8, 4) is 0 Å². The smallest absolute Gasteiger partial charge is 0.335 e. The first-order chi connectivity index (χ1) is 9.30. The standard InChI is InChI=1S/C14H17F2NO2S/c1-14(2)3-4-17(5-6-20-14)12-10(15)7-9(13(18)19)8-11(12)16/h7-8H,3-6H2,1-2H3,(H,18,19). The number of carboxylic acid groups (broad SMARTS) is 1. The minimum atomic E-state index is -1.33. The van der Waals surface area contributed by atoms with Crippen molar-refractivity contribution < 1.29 is 18.7 Å². The van der Waals surface area contributed by atoms with Crippen LogP contribution < -0.4 is 4.90 Å². The van der Waals surface area contributed by atoms with Gasteiger partial charge in [0.15, 0.2) is 0 Å². The van der Waals surface area contributed by atoms with E-state index in [-0.39, 0.29) is 16.0 Å². The lowest BCUT2D eigenvalue weighted by molar-refractivity contribution is 0.0696. The number of hydrogen-bond donors (Lipinski definition) is 1. The summed E-state index contributed by atoms with van der Waals surface area (Å²) in [6, 6.07) is 1.76. The molecule has 0 radical (unpaired) electrons. The van der Waals surface area contributed by atoms with Crippen molar-refractivity contribution in [2.24, 2.45) is 0 Å². The van der Waals surface area contributed by atoms with Crippen molar-refractivity contribution in [1.29, 1.82) is 0 Å². The first-order valence-corrected chi connectivity index (χ1v) is 7.40. The van der Waals surface area contributed by atoms with Crippen LogP contribution >= 0.6 is 11.8 Å². The summed E-state index contributed by atoms with van der Waals surface area (Å²) in [5.74, 6) is -2.17. The van der Waals surface area contributed by atoms with Gasteiger partial charge >= 0.3 is 5.97 Å². The SMILES string of the molecule is CC1(C)CCN(c2c(F)cc(C(=O)O)cc2F)CCS1. The molecule has 110 valence electrons. The Morgan fingerprint density at radius 2 is 1.90 bits per heavy atom. The van der Waals surface area contributed by atoms with Crippen LogP contribution in [0.4, 0.5) is 14.5 Å². The third-order valence-electron chi connectivity index (χ3n) is 3.42. The lowest BCUT2D eigenvalue weighted by Gasteiger charge is -2.25. The molecule has 1 aromatic rings. The van der Waals surface area contributed by atoms with Crippen LogP contribution in [0.15, 0.2) is 12.1 Å². The predicted octanol–water partition coefficient (Wildman–Crippen LogP) is 3.38. The number of hydrogen-bond acceptors (Lipinski definition) is 3. The van der Waals surface area contributed by atoms with Gasteiger partial charge in [-0.2, -0.15) is 11.8 Å². The Labute approximate surface area is 121 Å². The second-order valence-corrected chi connectivity index (χ2v) is 7.24. The van der Waals surface area contributed by atoms with Crippen LogP contribution in [0, 0.1) is 11.6 Å². The molecule has 1 heterocycles. The normalized spacial score (nSPS) is 18.7. The summed E-state index contributed by atoms with van der Waals surface area (Å²) in [5, 5.41) is 8.80. The van der Waals surface area contributed by atoms with Crippen molar-refractivity contribution in [1.82, 2.24) is 0 Å². The Kier molecular flexibility index (Phi) is 4.22. The van der Waals surface area contributed by atoms with Gasteiger partial charge in [0.2, 0.25) is 0 Å². The fourth-order valence-corrected chi connectivity index (χ4v) is 3.33. The zero-order chi connectivity index (χ0) is 14.9. The molecule has 1 N–H and O–H groups in total. The fraction of sp³-hybridized carbons (Fsp3) is 0.500. The van der Waals surface area contributed by atoms with E-state index in [1.165, 1.54) is 0 Å². The fourth-order valence-electron chi connectivity index (χ4n) is 2.24. The Bertz CT molecular complexity index is 511. The molecule has 0 spiro atoms.